The highest BCUT2D eigenvalue weighted by atomic mass is 79.9. The van der Waals surface area contributed by atoms with Gasteiger partial charge in [-0.3, -0.25) is 0 Å². The third-order valence-electron chi connectivity index (χ3n) is 5.32. The predicted octanol–water partition coefficient (Wildman–Crippen LogP) is 4.72. The Bertz CT molecular complexity index is 502. The first kappa shape index (κ1) is 13.0. The quantitative estimate of drug-likeness (QED) is 0.743. The summed E-state index contributed by atoms with van der Waals surface area (Å²) in [4.78, 5) is 0.447. The van der Waals surface area contributed by atoms with E-state index in [0.717, 1.165) is 29.3 Å². The zero-order valence-corrected chi connectivity index (χ0v) is 13.3. The van der Waals surface area contributed by atoms with Crippen LogP contribution in [0.3, 0.4) is 0 Å². The molecule has 0 amide bonds. The minimum atomic E-state index is 0.447. The Morgan fingerprint density at radius 1 is 1.10 bits per heavy atom. The van der Waals surface area contributed by atoms with Gasteiger partial charge in [-0.25, -0.2) is 0 Å². The van der Waals surface area contributed by atoms with Gasteiger partial charge in [-0.15, -0.1) is 0 Å². The molecule has 1 aromatic carbocycles. The molecular weight excluding hydrogens is 316 g/mol. The van der Waals surface area contributed by atoms with Crippen LogP contribution in [0.15, 0.2) is 18.2 Å². The normalized spacial score (nSPS) is 32.4. The monoisotopic (exact) mass is 336 g/mol. The maximum Gasteiger partial charge on any atom is 0.161 e. The van der Waals surface area contributed by atoms with Crippen LogP contribution in [0.2, 0.25) is 0 Å². The summed E-state index contributed by atoms with van der Waals surface area (Å²) in [5, 5.41) is 0. The molecule has 1 aliphatic heterocycles. The molecule has 2 nitrogen and oxygen atoms in total. The molecule has 3 aliphatic rings. The molecule has 4 atom stereocenters. The number of alkyl halides is 1. The molecule has 2 saturated carbocycles. The summed E-state index contributed by atoms with van der Waals surface area (Å²) < 4.78 is 11.3. The zero-order valence-electron chi connectivity index (χ0n) is 11.7. The van der Waals surface area contributed by atoms with E-state index in [9.17, 15) is 0 Å². The Balaban J connectivity index is 1.46. The lowest BCUT2D eigenvalue weighted by atomic mass is 9.84. The van der Waals surface area contributed by atoms with Gasteiger partial charge in [0.2, 0.25) is 0 Å². The van der Waals surface area contributed by atoms with Crippen LogP contribution in [0, 0.1) is 17.8 Å². The van der Waals surface area contributed by atoms with E-state index in [2.05, 4.69) is 34.1 Å². The first-order valence-corrected chi connectivity index (χ1v) is 8.75. The van der Waals surface area contributed by atoms with E-state index in [0.29, 0.717) is 18.0 Å². The molecule has 0 radical (unpaired) electrons. The Hall–Kier alpha value is -0.700. The Morgan fingerprint density at radius 3 is 2.70 bits per heavy atom. The van der Waals surface area contributed by atoms with Crippen molar-refractivity contribution in [3.05, 3.63) is 23.8 Å². The lowest BCUT2D eigenvalue weighted by Crippen LogP contribution is -2.16. The smallest absolute Gasteiger partial charge is 0.161 e. The fourth-order valence-corrected chi connectivity index (χ4v) is 5.09. The maximum atomic E-state index is 5.69. The second-order valence-electron chi connectivity index (χ2n) is 6.54. The molecular formula is C17H21BrO2. The minimum absolute atomic E-state index is 0.447. The second-order valence-corrected chi connectivity index (χ2v) is 7.65. The largest absolute Gasteiger partial charge is 0.486 e. The lowest BCUT2D eigenvalue weighted by Gasteiger charge is -2.25. The number of rotatable bonds is 3. The van der Waals surface area contributed by atoms with Crippen LogP contribution in [0.25, 0.3) is 0 Å². The number of hydrogen-bond acceptors (Lipinski definition) is 2. The van der Waals surface area contributed by atoms with Crippen LogP contribution >= 0.6 is 15.9 Å². The second kappa shape index (κ2) is 5.25. The Labute approximate surface area is 129 Å². The predicted molar refractivity (Wildman–Crippen MR) is 82.7 cm³/mol. The van der Waals surface area contributed by atoms with Crippen molar-refractivity contribution >= 4 is 15.9 Å². The van der Waals surface area contributed by atoms with Crippen molar-refractivity contribution < 1.29 is 9.47 Å². The molecule has 0 saturated heterocycles. The standard InChI is InChI=1S/C17H21BrO2/c18-15(9-14-8-11-1-2-12(14)7-11)13-3-4-16-17(10-13)20-6-5-19-16/h3-4,10-12,14-15H,1-2,5-9H2. The Morgan fingerprint density at radius 2 is 1.95 bits per heavy atom. The zero-order chi connectivity index (χ0) is 13.5. The first-order valence-electron chi connectivity index (χ1n) is 7.83. The molecule has 108 valence electrons. The molecule has 0 N–H and O–H groups in total. The molecule has 0 spiro atoms. The van der Waals surface area contributed by atoms with Gasteiger partial charge in [0.25, 0.3) is 0 Å². The maximum absolute atomic E-state index is 5.69. The first-order chi connectivity index (χ1) is 9.79. The molecule has 20 heavy (non-hydrogen) atoms. The highest BCUT2D eigenvalue weighted by Gasteiger charge is 2.40. The average molecular weight is 337 g/mol. The van der Waals surface area contributed by atoms with E-state index in [1.807, 2.05) is 0 Å². The summed E-state index contributed by atoms with van der Waals surface area (Å²) in [6.07, 6.45) is 7.16. The lowest BCUT2D eigenvalue weighted by molar-refractivity contribution is 0.171. The van der Waals surface area contributed by atoms with Gasteiger partial charge >= 0.3 is 0 Å². The van der Waals surface area contributed by atoms with E-state index in [-0.39, 0.29) is 0 Å². The van der Waals surface area contributed by atoms with E-state index >= 15 is 0 Å². The van der Waals surface area contributed by atoms with Gasteiger partial charge < -0.3 is 9.47 Å². The third kappa shape index (κ3) is 2.34. The molecule has 2 bridgehead atoms. The average Bonchev–Trinajstić information content (AvgIpc) is 3.09. The van der Waals surface area contributed by atoms with Crippen LogP contribution in [-0.2, 0) is 0 Å². The van der Waals surface area contributed by atoms with Gasteiger partial charge in [-0.2, -0.15) is 0 Å². The van der Waals surface area contributed by atoms with Crippen LogP contribution < -0.4 is 9.47 Å². The van der Waals surface area contributed by atoms with Gasteiger partial charge in [-0.05, 0) is 61.1 Å². The van der Waals surface area contributed by atoms with Crippen LogP contribution in [0.5, 0.6) is 11.5 Å². The van der Waals surface area contributed by atoms with E-state index in [1.54, 1.807) is 0 Å². The fraction of sp³-hybridized carbons (Fsp3) is 0.647. The van der Waals surface area contributed by atoms with Crippen molar-refractivity contribution in [3.63, 3.8) is 0 Å². The summed E-state index contributed by atoms with van der Waals surface area (Å²) in [6.45, 7) is 1.32. The molecule has 2 fully saturated rings. The topological polar surface area (TPSA) is 18.5 Å². The number of halogens is 1. The molecule has 4 unspecified atom stereocenters. The molecule has 2 aliphatic carbocycles. The summed E-state index contributed by atoms with van der Waals surface area (Å²) >= 11 is 3.90. The number of benzene rings is 1. The van der Waals surface area contributed by atoms with Crippen molar-refractivity contribution in [2.45, 2.75) is 36.9 Å². The van der Waals surface area contributed by atoms with Crippen molar-refractivity contribution in [3.8, 4) is 11.5 Å². The SMILES string of the molecule is BrC(CC1CC2CCC1C2)c1ccc2c(c1)OCCO2. The molecule has 1 aromatic rings. The van der Waals surface area contributed by atoms with Crippen molar-refractivity contribution in [2.24, 2.45) is 17.8 Å². The highest BCUT2D eigenvalue weighted by Crippen LogP contribution is 2.52. The number of fused-ring (bicyclic) bond motifs is 3. The third-order valence-corrected chi connectivity index (χ3v) is 6.22. The van der Waals surface area contributed by atoms with Crippen molar-refractivity contribution in [2.75, 3.05) is 13.2 Å². The highest BCUT2D eigenvalue weighted by molar-refractivity contribution is 9.09. The summed E-state index contributed by atoms with van der Waals surface area (Å²) in [5.41, 5.74) is 1.33. The van der Waals surface area contributed by atoms with E-state index in [1.165, 1.54) is 37.7 Å². The minimum Gasteiger partial charge on any atom is -0.486 e. The van der Waals surface area contributed by atoms with Crippen LogP contribution in [0.4, 0.5) is 0 Å². The van der Waals surface area contributed by atoms with E-state index in [4.69, 9.17) is 9.47 Å². The molecule has 0 aromatic heterocycles. The molecule has 3 heteroatoms. The van der Waals surface area contributed by atoms with Gasteiger partial charge in [0, 0.05) is 4.83 Å². The van der Waals surface area contributed by atoms with Gasteiger partial charge in [-0.1, -0.05) is 28.4 Å². The van der Waals surface area contributed by atoms with Crippen molar-refractivity contribution in [1.29, 1.82) is 0 Å². The summed E-state index contributed by atoms with van der Waals surface area (Å²) in [5.74, 6) is 4.75. The van der Waals surface area contributed by atoms with Crippen LogP contribution in [0.1, 0.15) is 42.5 Å². The Kier molecular flexibility index (Phi) is 3.41. The number of ether oxygens (including phenoxy) is 2. The summed E-state index contributed by atoms with van der Waals surface area (Å²) in [6, 6.07) is 6.39. The summed E-state index contributed by atoms with van der Waals surface area (Å²) in [7, 11) is 0. The van der Waals surface area contributed by atoms with Gasteiger partial charge in [0.1, 0.15) is 13.2 Å². The van der Waals surface area contributed by atoms with Crippen LogP contribution in [-0.4, -0.2) is 13.2 Å². The van der Waals surface area contributed by atoms with Gasteiger partial charge in [0.05, 0.1) is 0 Å². The van der Waals surface area contributed by atoms with E-state index < -0.39 is 0 Å². The fourth-order valence-electron chi connectivity index (χ4n) is 4.32. The van der Waals surface area contributed by atoms with Crippen molar-refractivity contribution in [1.82, 2.24) is 0 Å². The molecule has 1 heterocycles. The van der Waals surface area contributed by atoms with Gasteiger partial charge in [0.15, 0.2) is 11.5 Å². The molecule has 4 rings (SSSR count). The number of hydrogen-bond donors (Lipinski definition) is 0.